The lowest BCUT2D eigenvalue weighted by Crippen LogP contribution is -2.20. The summed E-state index contributed by atoms with van der Waals surface area (Å²) >= 11 is 0. The largest absolute Gasteiger partial charge is 0.465 e. The minimum absolute atomic E-state index is 0.0211. The molecule has 0 fully saturated rings. The molecule has 0 saturated carbocycles. The summed E-state index contributed by atoms with van der Waals surface area (Å²) < 4.78 is 41.8. The lowest BCUT2D eigenvalue weighted by atomic mass is 10.0. The molecule has 0 radical (unpaired) electrons. The van der Waals surface area contributed by atoms with Gasteiger partial charge in [0.25, 0.3) is 10.0 Å². The van der Waals surface area contributed by atoms with Gasteiger partial charge in [-0.1, -0.05) is 24.3 Å². The van der Waals surface area contributed by atoms with Gasteiger partial charge in [0.05, 0.1) is 28.0 Å². The number of hydrogen-bond donors (Lipinski definition) is 3. The quantitative estimate of drug-likeness (QED) is 0.358. The summed E-state index contributed by atoms with van der Waals surface area (Å²) in [6.45, 7) is 0.0211. The lowest BCUT2D eigenvalue weighted by molar-refractivity contribution is 0.193. The van der Waals surface area contributed by atoms with Gasteiger partial charge in [0, 0.05) is 17.1 Å². The van der Waals surface area contributed by atoms with Gasteiger partial charge in [0.1, 0.15) is 11.6 Å². The summed E-state index contributed by atoms with van der Waals surface area (Å²) in [5, 5.41) is 11.6. The molecule has 10 heteroatoms. The number of imidazole rings is 1. The van der Waals surface area contributed by atoms with Crippen molar-refractivity contribution < 1.29 is 22.7 Å². The second-order valence-corrected chi connectivity index (χ2v) is 9.21. The smallest absolute Gasteiger partial charge is 0.405 e. The van der Waals surface area contributed by atoms with E-state index >= 15 is 0 Å². The molecule has 5 rings (SSSR count). The lowest BCUT2D eigenvalue weighted by Gasteiger charge is -2.07. The van der Waals surface area contributed by atoms with Crippen LogP contribution in [-0.4, -0.2) is 33.6 Å². The van der Waals surface area contributed by atoms with E-state index in [0.29, 0.717) is 33.4 Å². The maximum absolute atomic E-state index is 14.1. The molecule has 0 saturated heterocycles. The summed E-state index contributed by atoms with van der Waals surface area (Å²) in [4.78, 5) is 18.2. The Morgan fingerprint density at radius 3 is 2.64 bits per heavy atom. The topological polar surface area (TPSA) is 117 Å². The zero-order valence-electron chi connectivity index (χ0n) is 17.0. The number of aromatic amines is 1. The van der Waals surface area contributed by atoms with Crippen LogP contribution in [0.3, 0.4) is 0 Å². The number of amides is 1. The van der Waals surface area contributed by atoms with Crippen molar-refractivity contribution in [3.05, 3.63) is 84.6 Å². The molecule has 166 valence electrons. The number of hydrogen-bond acceptors (Lipinski definition) is 4. The fourth-order valence-electron chi connectivity index (χ4n) is 3.78. The molecule has 1 amide bonds. The van der Waals surface area contributed by atoms with Gasteiger partial charge >= 0.3 is 6.09 Å². The number of aromatic nitrogens is 3. The third-order valence-electron chi connectivity index (χ3n) is 5.28. The molecule has 2 heterocycles. The number of carboxylic acid groups (broad SMARTS) is 1. The predicted molar refractivity (Wildman–Crippen MR) is 121 cm³/mol. The Labute approximate surface area is 187 Å². The number of nitrogens with one attached hydrogen (secondary N) is 2. The molecule has 0 aliphatic heterocycles. The highest BCUT2D eigenvalue weighted by Crippen LogP contribution is 2.34. The Morgan fingerprint density at radius 1 is 1.09 bits per heavy atom. The Morgan fingerprint density at radius 2 is 1.88 bits per heavy atom. The van der Waals surface area contributed by atoms with Gasteiger partial charge in [-0.15, -0.1) is 0 Å². The van der Waals surface area contributed by atoms with E-state index < -0.39 is 21.9 Å². The number of carbonyl (C=O) groups is 1. The molecule has 5 aromatic rings. The SMILES string of the molecule is O=C(O)NCc1nc2ccc(-c3cn(S(=O)(=O)c4ccccc4)c4cc(F)ccc34)cc2[nH]1. The van der Waals surface area contributed by atoms with Crippen LogP contribution >= 0.6 is 0 Å². The average Bonchev–Trinajstić information content (AvgIpc) is 3.39. The van der Waals surface area contributed by atoms with Crippen LogP contribution in [0.2, 0.25) is 0 Å². The van der Waals surface area contributed by atoms with Crippen LogP contribution in [0.5, 0.6) is 0 Å². The average molecular weight is 464 g/mol. The van der Waals surface area contributed by atoms with Crippen molar-refractivity contribution in [2.45, 2.75) is 11.4 Å². The van der Waals surface area contributed by atoms with Crippen molar-refractivity contribution in [3.8, 4) is 11.1 Å². The number of H-pyrrole nitrogens is 1. The first-order valence-corrected chi connectivity index (χ1v) is 11.3. The van der Waals surface area contributed by atoms with Gasteiger partial charge < -0.3 is 15.4 Å². The van der Waals surface area contributed by atoms with E-state index in [0.717, 1.165) is 3.97 Å². The molecule has 0 spiro atoms. The monoisotopic (exact) mass is 464 g/mol. The number of benzene rings is 3. The summed E-state index contributed by atoms with van der Waals surface area (Å²) in [5.41, 5.74) is 2.81. The van der Waals surface area contributed by atoms with Crippen molar-refractivity contribution in [1.82, 2.24) is 19.3 Å². The van der Waals surface area contributed by atoms with Gasteiger partial charge in [0.15, 0.2) is 0 Å². The van der Waals surface area contributed by atoms with Gasteiger partial charge in [0.2, 0.25) is 0 Å². The maximum Gasteiger partial charge on any atom is 0.405 e. The number of rotatable bonds is 5. The summed E-state index contributed by atoms with van der Waals surface area (Å²) in [5.74, 6) is -0.100. The van der Waals surface area contributed by atoms with Gasteiger partial charge in [-0.05, 0) is 48.0 Å². The van der Waals surface area contributed by atoms with E-state index in [4.69, 9.17) is 5.11 Å². The third-order valence-corrected chi connectivity index (χ3v) is 6.97. The second kappa shape index (κ2) is 7.75. The molecule has 0 aliphatic carbocycles. The minimum Gasteiger partial charge on any atom is -0.465 e. The fraction of sp³-hybridized carbons (Fsp3) is 0.0435. The van der Waals surface area contributed by atoms with Crippen molar-refractivity contribution in [1.29, 1.82) is 0 Å². The highest BCUT2D eigenvalue weighted by Gasteiger charge is 2.22. The van der Waals surface area contributed by atoms with E-state index in [1.54, 1.807) is 42.5 Å². The third kappa shape index (κ3) is 3.70. The van der Waals surface area contributed by atoms with Crippen LogP contribution in [0.15, 0.2) is 77.8 Å². The number of fused-ring (bicyclic) bond motifs is 2. The van der Waals surface area contributed by atoms with Crippen LogP contribution in [0.4, 0.5) is 9.18 Å². The molecule has 8 nitrogen and oxygen atoms in total. The summed E-state index contributed by atoms with van der Waals surface area (Å²) in [6.07, 6.45) is 0.326. The van der Waals surface area contributed by atoms with Crippen LogP contribution in [0.1, 0.15) is 5.82 Å². The van der Waals surface area contributed by atoms with Crippen molar-refractivity contribution >= 4 is 38.1 Å². The first-order valence-electron chi connectivity index (χ1n) is 9.90. The Balaban J connectivity index is 1.66. The molecule has 3 aromatic carbocycles. The zero-order valence-corrected chi connectivity index (χ0v) is 17.8. The first-order chi connectivity index (χ1) is 15.8. The van der Waals surface area contributed by atoms with E-state index in [1.807, 2.05) is 0 Å². The van der Waals surface area contributed by atoms with Crippen LogP contribution in [0.25, 0.3) is 33.1 Å². The van der Waals surface area contributed by atoms with Crippen molar-refractivity contribution in [3.63, 3.8) is 0 Å². The molecule has 0 atom stereocenters. The van der Waals surface area contributed by atoms with E-state index in [2.05, 4.69) is 15.3 Å². The maximum atomic E-state index is 14.1. The molecule has 2 aromatic heterocycles. The molecule has 3 N–H and O–H groups in total. The highest BCUT2D eigenvalue weighted by molar-refractivity contribution is 7.90. The first kappa shape index (κ1) is 20.7. The number of halogens is 1. The standard InChI is InChI=1S/C23H17FN4O4S/c24-15-7-8-17-18(13-28(21(17)11-15)33(31,32)16-4-2-1-3-5-16)14-6-9-19-20(10-14)27-22(26-19)12-25-23(29)30/h1-11,13,25H,12H2,(H,26,27)(H,29,30). The Bertz CT molecular complexity index is 1620. The fourth-order valence-corrected chi connectivity index (χ4v) is 5.16. The van der Waals surface area contributed by atoms with Crippen LogP contribution < -0.4 is 5.32 Å². The minimum atomic E-state index is -3.96. The Kier molecular flexibility index (Phi) is 4.86. The molecule has 33 heavy (non-hydrogen) atoms. The van der Waals surface area contributed by atoms with Gasteiger partial charge in [-0.3, -0.25) is 0 Å². The summed E-state index contributed by atoms with van der Waals surface area (Å²) in [6, 6.07) is 17.3. The molecule has 0 bridgehead atoms. The molecule has 0 unspecified atom stereocenters. The second-order valence-electron chi connectivity index (χ2n) is 7.39. The summed E-state index contributed by atoms with van der Waals surface area (Å²) in [7, 11) is -3.96. The molecular formula is C23H17FN4O4S. The zero-order chi connectivity index (χ0) is 23.2. The van der Waals surface area contributed by atoms with Crippen LogP contribution in [-0.2, 0) is 16.6 Å². The predicted octanol–water partition coefficient (Wildman–Crippen LogP) is 4.33. The van der Waals surface area contributed by atoms with E-state index in [-0.39, 0.29) is 17.0 Å². The van der Waals surface area contributed by atoms with Crippen LogP contribution in [0, 0.1) is 5.82 Å². The van der Waals surface area contributed by atoms with E-state index in [9.17, 15) is 17.6 Å². The number of nitrogens with zero attached hydrogens (tertiary/aromatic N) is 2. The van der Waals surface area contributed by atoms with Gasteiger partial charge in [-0.25, -0.2) is 26.6 Å². The normalized spacial score (nSPS) is 11.8. The van der Waals surface area contributed by atoms with E-state index in [1.165, 1.54) is 30.5 Å². The van der Waals surface area contributed by atoms with Crippen molar-refractivity contribution in [2.75, 3.05) is 0 Å². The molecular weight excluding hydrogens is 447 g/mol. The highest BCUT2D eigenvalue weighted by atomic mass is 32.2. The van der Waals surface area contributed by atoms with Gasteiger partial charge in [-0.2, -0.15) is 0 Å². The molecule has 0 aliphatic rings. The van der Waals surface area contributed by atoms with Crippen molar-refractivity contribution in [2.24, 2.45) is 0 Å². The Hall–Kier alpha value is -4.18.